The van der Waals surface area contributed by atoms with Crippen molar-refractivity contribution < 1.29 is 8.91 Å². The van der Waals surface area contributed by atoms with Crippen LogP contribution in [-0.2, 0) is 6.42 Å². The highest BCUT2D eigenvalue weighted by molar-refractivity contribution is 6.33. The lowest BCUT2D eigenvalue weighted by Gasteiger charge is -2.20. The SMILES string of the molecule is Fc1cccc(Cl)c1-c1nc(CC2CCCNC2)no1. The smallest absolute Gasteiger partial charge is 0.262 e. The first-order valence-electron chi connectivity index (χ1n) is 6.71. The molecule has 1 fully saturated rings. The number of aromatic nitrogens is 2. The van der Waals surface area contributed by atoms with Gasteiger partial charge in [-0.05, 0) is 44.0 Å². The number of hydrogen-bond donors (Lipinski definition) is 1. The fraction of sp³-hybridized carbons (Fsp3) is 0.429. The van der Waals surface area contributed by atoms with Crippen molar-refractivity contribution in [3.63, 3.8) is 0 Å². The van der Waals surface area contributed by atoms with Crippen LogP contribution in [0.2, 0.25) is 5.02 Å². The summed E-state index contributed by atoms with van der Waals surface area (Å²) in [7, 11) is 0. The van der Waals surface area contributed by atoms with E-state index in [0.717, 1.165) is 32.4 Å². The van der Waals surface area contributed by atoms with Crippen LogP contribution in [0.5, 0.6) is 0 Å². The third-order valence-corrected chi connectivity index (χ3v) is 3.83. The van der Waals surface area contributed by atoms with Crippen molar-refractivity contribution in [2.45, 2.75) is 19.3 Å². The van der Waals surface area contributed by atoms with Crippen LogP contribution in [0.15, 0.2) is 22.7 Å². The molecule has 1 atom stereocenters. The zero-order chi connectivity index (χ0) is 13.9. The number of benzene rings is 1. The Bertz CT molecular complexity index is 576. The molecular formula is C14H15ClFN3O. The molecule has 0 bridgehead atoms. The van der Waals surface area contributed by atoms with Crippen LogP contribution in [0, 0.1) is 11.7 Å². The summed E-state index contributed by atoms with van der Waals surface area (Å²) in [6, 6.07) is 4.48. The lowest BCUT2D eigenvalue weighted by molar-refractivity contribution is 0.359. The second-order valence-electron chi connectivity index (χ2n) is 5.03. The van der Waals surface area contributed by atoms with Crippen molar-refractivity contribution in [1.82, 2.24) is 15.5 Å². The molecule has 6 heteroatoms. The van der Waals surface area contributed by atoms with Gasteiger partial charge in [0.25, 0.3) is 5.89 Å². The van der Waals surface area contributed by atoms with Crippen molar-refractivity contribution in [1.29, 1.82) is 0 Å². The monoisotopic (exact) mass is 295 g/mol. The van der Waals surface area contributed by atoms with Crippen molar-refractivity contribution >= 4 is 11.6 Å². The molecule has 0 radical (unpaired) electrons. The highest BCUT2D eigenvalue weighted by atomic mass is 35.5. The van der Waals surface area contributed by atoms with Crippen molar-refractivity contribution in [3.05, 3.63) is 34.9 Å². The van der Waals surface area contributed by atoms with Gasteiger partial charge in [-0.2, -0.15) is 4.98 Å². The van der Waals surface area contributed by atoms with Gasteiger partial charge in [0.05, 0.1) is 10.6 Å². The normalized spacial score (nSPS) is 19.2. The van der Waals surface area contributed by atoms with E-state index in [2.05, 4.69) is 15.5 Å². The van der Waals surface area contributed by atoms with Crippen LogP contribution < -0.4 is 5.32 Å². The number of nitrogens with one attached hydrogen (secondary N) is 1. The quantitative estimate of drug-likeness (QED) is 0.945. The summed E-state index contributed by atoms with van der Waals surface area (Å²) < 4.78 is 18.9. The minimum Gasteiger partial charge on any atom is -0.334 e. The Morgan fingerprint density at radius 3 is 3.10 bits per heavy atom. The first-order chi connectivity index (χ1) is 9.74. The lowest BCUT2D eigenvalue weighted by atomic mass is 9.96. The summed E-state index contributed by atoms with van der Waals surface area (Å²) in [6.07, 6.45) is 3.05. The summed E-state index contributed by atoms with van der Waals surface area (Å²) in [5.74, 6) is 0.803. The highest BCUT2D eigenvalue weighted by Crippen LogP contribution is 2.29. The van der Waals surface area contributed by atoms with Gasteiger partial charge in [-0.25, -0.2) is 4.39 Å². The Morgan fingerprint density at radius 1 is 1.45 bits per heavy atom. The number of piperidine rings is 1. The molecule has 1 aromatic heterocycles. The van der Waals surface area contributed by atoms with Gasteiger partial charge in [-0.1, -0.05) is 22.8 Å². The lowest BCUT2D eigenvalue weighted by Crippen LogP contribution is -2.31. The first-order valence-corrected chi connectivity index (χ1v) is 7.09. The van der Waals surface area contributed by atoms with E-state index in [0.29, 0.717) is 11.7 Å². The minimum absolute atomic E-state index is 0.145. The van der Waals surface area contributed by atoms with E-state index in [1.165, 1.54) is 6.07 Å². The van der Waals surface area contributed by atoms with E-state index in [-0.39, 0.29) is 16.5 Å². The molecule has 2 aromatic rings. The van der Waals surface area contributed by atoms with Crippen molar-refractivity contribution in [3.8, 4) is 11.5 Å². The predicted molar refractivity (Wildman–Crippen MR) is 74.0 cm³/mol. The minimum atomic E-state index is -0.452. The highest BCUT2D eigenvalue weighted by Gasteiger charge is 2.20. The van der Waals surface area contributed by atoms with E-state index >= 15 is 0 Å². The summed E-state index contributed by atoms with van der Waals surface area (Å²) in [5.41, 5.74) is 0.176. The first kappa shape index (κ1) is 13.5. The molecule has 1 saturated heterocycles. The molecule has 0 aliphatic carbocycles. The Kier molecular flexibility index (Phi) is 3.98. The maximum absolute atomic E-state index is 13.8. The van der Waals surface area contributed by atoms with Gasteiger partial charge in [0.15, 0.2) is 5.82 Å². The molecule has 106 valence electrons. The fourth-order valence-corrected chi connectivity index (χ4v) is 2.74. The van der Waals surface area contributed by atoms with Gasteiger partial charge >= 0.3 is 0 Å². The van der Waals surface area contributed by atoms with Crippen LogP contribution >= 0.6 is 11.6 Å². The Hall–Kier alpha value is -1.46. The summed E-state index contributed by atoms with van der Waals surface area (Å²) >= 11 is 5.99. The molecule has 1 unspecified atom stereocenters. The number of nitrogens with zero attached hydrogens (tertiary/aromatic N) is 2. The Balaban J connectivity index is 1.79. The molecule has 20 heavy (non-hydrogen) atoms. The molecule has 0 saturated carbocycles. The van der Waals surface area contributed by atoms with Crippen molar-refractivity contribution in [2.24, 2.45) is 5.92 Å². The van der Waals surface area contributed by atoms with Gasteiger partial charge in [0.1, 0.15) is 5.82 Å². The second kappa shape index (κ2) is 5.89. The summed E-state index contributed by atoms with van der Waals surface area (Å²) in [5, 5.41) is 7.55. The zero-order valence-electron chi connectivity index (χ0n) is 10.9. The van der Waals surface area contributed by atoms with Gasteiger partial charge in [0, 0.05) is 6.42 Å². The largest absolute Gasteiger partial charge is 0.334 e. The van der Waals surface area contributed by atoms with E-state index in [1.54, 1.807) is 12.1 Å². The fourth-order valence-electron chi connectivity index (χ4n) is 2.50. The third-order valence-electron chi connectivity index (χ3n) is 3.51. The van der Waals surface area contributed by atoms with E-state index < -0.39 is 5.82 Å². The molecule has 1 aromatic carbocycles. The van der Waals surface area contributed by atoms with E-state index in [9.17, 15) is 4.39 Å². The van der Waals surface area contributed by atoms with E-state index in [4.69, 9.17) is 16.1 Å². The number of rotatable bonds is 3. The Labute approximate surface area is 121 Å². The maximum atomic E-state index is 13.8. The molecule has 1 aliphatic heterocycles. The molecular weight excluding hydrogens is 281 g/mol. The molecule has 2 heterocycles. The van der Waals surface area contributed by atoms with Gasteiger partial charge in [0.2, 0.25) is 0 Å². The number of halogens is 2. The van der Waals surface area contributed by atoms with Gasteiger partial charge < -0.3 is 9.84 Å². The van der Waals surface area contributed by atoms with Crippen LogP contribution in [0.25, 0.3) is 11.5 Å². The van der Waals surface area contributed by atoms with Gasteiger partial charge in [-0.3, -0.25) is 0 Å². The zero-order valence-corrected chi connectivity index (χ0v) is 11.7. The summed E-state index contributed by atoms with van der Waals surface area (Å²) in [6.45, 7) is 2.03. The average molecular weight is 296 g/mol. The molecule has 0 amide bonds. The number of hydrogen-bond acceptors (Lipinski definition) is 4. The predicted octanol–water partition coefficient (Wildman–Crippen LogP) is 3.07. The average Bonchev–Trinajstić information content (AvgIpc) is 2.88. The molecule has 3 rings (SSSR count). The third kappa shape index (κ3) is 2.83. The second-order valence-corrected chi connectivity index (χ2v) is 5.44. The Morgan fingerprint density at radius 2 is 2.35 bits per heavy atom. The summed E-state index contributed by atoms with van der Waals surface area (Å²) in [4.78, 5) is 4.27. The molecule has 1 aliphatic rings. The van der Waals surface area contributed by atoms with Crippen LogP contribution in [0.3, 0.4) is 0 Å². The topological polar surface area (TPSA) is 51.0 Å². The molecule has 0 spiro atoms. The molecule has 1 N–H and O–H groups in total. The van der Waals surface area contributed by atoms with Crippen LogP contribution in [0.4, 0.5) is 4.39 Å². The maximum Gasteiger partial charge on any atom is 0.262 e. The standard InChI is InChI=1S/C14H15ClFN3O/c15-10-4-1-5-11(16)13(10)14-18-12(19-20-14)7-9-3-2-6-17-8-9/h1,4-5,9,17H,2-3,6-8H2. The van der Waals surface area contributed by atoms with Crippen molar-refractivity contribution in [2.75, 3.05) is 13.1 Å². The van der Waals surface area contributed by atoms with Crippen LogP contribution in [0.1, 0.15) is 18.7 Å². The van der Waals surface area contributed by atoms with Crippen LogP contribution in [-0.4, -0.2) is 23.2 Å². The van der Waals surface area contributed by atoms with E-state index in [1.807, 2.05) is 0 Å². The van der Waals surface area contributed by atoms with Gasteiger partial charge in [-0.15, -0.1) is 0 Å². The molecule has 4 nitrogen and oxygen atoms in total.